The maximum Gasteiger partial charge on any atom is 0.329 e. The molecule has 1 saturated heterocycles. The van der Waals surface area contributed by atoms with Crippen molar-refractivity contribution >= 4 is 17.7 Å². The molecule has 7 rings (SSSR count). The highest BCUT2D eigenvalue weighted by Gasteiger charge is 2.75. The van der Waals surface area contributed by atoms with E-state index in [-0.39, 0.29) is 24.0 Å². The molecule has 0 aromatic heterocycles. The number of aromatic hydroxyl groups is 1. The van der Waals surface area contributed by atoms with Crippen LogP contribution in [0.5, 0.6) is 11.5 Å². The van der Waals surface area contributed by atoms with Gasteiger partial charge in [-0.05, 0) is 69.0 Å². The van der Waals surface area contributed by atoms with Gasteiger partial charge in [-0.15, -0.1) is 0 Å². The Hall–Kier alpha value is -2.65. The lowest BCUT2D eigenvalue weighted by atomic mass is 9.47. The molecule has 1 unspecified atom stereocenters. The molecule has 34 heavy (non-hydrogen) atoms. The third-order valence-electron chi connectivity index (χ3n) is 9.47. The van der Waals surface area contributed by atoms with Crippen LogP contribution in [0.4, 0.5) is 0 Å². The second-order valence-corrected chi connectivity index (χ2v) is 11.3. The molecule has 9 nitrogen and oxygen atoms in total. The molecule has 3 saturated carbocycles. The normalized spacial score (nSPS) is 38.6. The number of carboxylic acids is 1. The average Bonchev–Trinajstić information content (AvgIpc) is 3.71. The van der Waals surface area contributed by atoms with Crippen LogP contribution in [-0.2, 0) is 26.2 Å². The number of rotatable bonds is 5. The Bertz CT molecular complexity index is 1160. The number of ketones is 1. The van der Waals surface area contributed by atoms with Gasteiger partial charge in [0.05, 0.1) is 11.0 Å². The number of Topliss-reactive ketones (excluding diaryl/α,β-unsaturated/α-hetero) is 1. The summed E-state index contributed by atoms with van der Waals surface area (Å²) in [7, 11) is 0. The van der Waals surface area contributed by atoms with Crippen LogP contribution in [0.15, 0.2) is 12.1 Å². The van der Waals surface area contributed by atoms with Gasteiger partial charge in [0, 0.05) is 18.2 Å². The summed E-state index contributed by atoms with van der Waals surface area (Å²) in [6, 6.07) is 3.15. The molecule has 0 radical (unpaired) electrons. The monoisotopic (exact) mass is 468 g/mol. The summed E-state index contributed by atoms with van der Waals surface area (Å²) >= 11 is 0. The number of aliphatic hydroxyl groups is 1. The first kappa shape index (κ1) is 20.7. The van der Waals surface area contributed by atoms with Gasteiger partial charge in [-0.25, -0.2) is 4.79 Å². The van der Waals surface area contributed by atoms with Gasteiger partial charge in [0.25, 0.3) is 0 Å². The molecule has 1 aromatic rings. The minimum Gasteiger partial charge on any atom is -0.504 e. The molecule has 1 spiro atoms. The van der Waals surface area contributed by atoms with Crippen molar-refractivity contribution in [2.75, 3.05) is 13.1 Å². The fourth-order valence-corrected chi connectivity index (χ4v) is 7.36. The summed E-state index contributed by atoms with van der Waals surface area (Å²) in [5.74, 6) is -2.63. The van der Waals surface area contributed by atoms with Gasteiger partial charge in [-0.3, -0.25) is 14.5 Å². The Balaban J connectivity index is 1.33. The van der Waals surface area contributed by atoms with E-state index >= 15 is 0 Å². The molecule has 4 N–H and O–H groups in total. The highest BCUT2D eigenvalue weighted by molar-refractivity contribution is 6.07. The Morgan fingerprint density at radius 3 is 2.65 bits per heavy atom. The number of benzene rings is 1. The van der Waals surface area contributed by atoms with Crippen LogP contribution in [0, 0.1) is 11.8 Å². The molecule has 1 amide bonds. The summed E-state index contributed by atoms with van der Waals surface area (Å²) in [5.41, 5.74) is -2.05. The molecule has 9 heteroatoms. The molecule has 1 aromatic carbocycles. The predicted octanol–water partition coefficient (Wildman–Crippen LogP) is 0.485. The predicted molar refractivity (Wildman–Crippen MR) is 116 cm³/mol. The number of nitrogens with zero attached hydrogens (tertiary/aromatic N) is 1. The SMILES string of the molecule is O=C(NC1(C(=O)O)CC1)C1C[C@@]2(O)[C@H]3Cc4ccc(O)c5c4[C@@]2(CCN3CC2CC2)[C@@H](O5)C1=O. The van der Waals surface area contributed by atoms with E-state index < -0.39 is 46.2 Å². The first-order chi connectivity index (χ1) is 16.2. The second kappa shape index (κ2) is 6.31. The van der Waals surface area contributed by atoms with E-state index in [2.05, 4.69) is 10.2 Å². The lowest BCUT2D eigenvalue weighted by Gasteiger charge is -2.63. The summed E-state index contributed by atoms with van der Waals surface area (Å²) in [4.78, 5) is 41.0. The molecule has 4 fully saturated rings. The number of hydrogen-bond donors (Lipinski definition) is 4. The number of carbonyl (C=O) groups is 3. The number of ether oxygens (including phenoxy) is 1. The Morgan fingerprint density at radius 2 is 1.97 bits per heavy atom. The first-order valence-electron chi connectivity index (χ1n) is 12.3. The number of phenolic OH excluding ortho intramolecular Hbond substituents is 1. The minimum absolute atomic E-state index is 0.0691. The van der Waals surface area contributed by atoms with E-state index in [4.69, 9.17) is 4.74 Å². The number of nitrogens with one attached hydrogen (secondary N) is 1. The lowest BCUT2D eigenvalue weighted by molar-refractivity contribution is -0.198. The number of aliphatic carboxylic acids is 1. The number of likely N-dealkylation sites (tertiary alicyclic amines) is 1. The van der Waals surface area contributed by atoms with Crippen LogP contribution >= 0.6 is 0 Å². The van der Waals surface area contributed by atoms with Crippen molar-refractivity contribution in [3.8, 4) is 11.5 Å². The van der Waals surface area contributed by atoms with Crippen molar-refractivity contribution in [2.24, 2.45) is 11.8 Å². The molecule has 180 valence electrons. The quantitative estimate of drug-likeness (QED) is 0.458. The van der Waals surface area contributed by atoms with Crippen LogP contribution in [0.2, 0.25) is 0 Å². The molecule has 2 heterocycles. The van der Waals surface area contributed by atoms with Crippen LogP contribution in [0.1, 0.15) is 49.7 Å². The maximum absolute atomic E-state index is 13.8. The van der Waals surface area contributed by atoms with Gasteiger partial charge in [-0.2, -0.15) is 0 Å². The molecule has 4 aliphatic carbocycles. The van der Waals surface area contributed by atoms with Gasteiger partial charge in [-0.1, -0.05) is 6.07 Å². The number of phenols is 1. The molecule has 6 aliphatic rings. The molecular weight excluding hydrogens is 440 g/mol. The molecule has 2 aliphatic heterocycles. The van der Waals surface area contributed by atoms with E-state index in [0.717, 1.165) is 17.7 Å². The smallest absolute Gasteiger partial charge is 0.329 e. The van der Waals surface area contributed by atoms with Crippen molar-refractivity contribution in [3.63, 3.8) is 0 Å². The van der Waals surface area contributed by atoms with Gasteiger partial charge >= 0.3 is 5.97 Å². The van der Waals surface area contributed by atoms with Gasteiger partial charge in [0.15, 0.2) is 23.4 Å². The topological polar surface area (TPSA) is 136 Å². The molecule has 5 atom stereocenters. The third-order valence-corrected chi connectivity index (χ3v) is 9.47. The van der Waals surface area contributed by atoms with Crippen LogP contribution < -0.4 is 10.1 Å². The first-order valence-corrected chi connectivity index (χ1v) is 12.3. The third kappa shape index (κ3) is 2.39. The van der Waals surface area contributed by atoms with Crippen molar-refractivity contribution < 1.29 is 34.4 Å². The van der Waals surface area contributed by atoms with E-state index in [1.54, 1.807) is 6.07 Å². The van der Waals surface area contributed by atoms with Crippen molar-refractivity contribution in [2.45, 2.75) is 73.6 Å². The van der Waals surface area contributed by atoms with Crippen molar-refractivity contribution in [1.82, 2.24) is 10.2 Å². The fourth-order valence-electron chi connectivity index (χ4n) is 7.36. The zero-order chi connectivity index (χ0) is 23.6. The van der Waals surface area contributed by atoms with Crippen molar-refractivity contribution in [3.05, 3.63) is 23.3 Å². The Kier molecular flexibility index (Phi) is 3.84. The lowest BCUT2D eigenvalue weighted by Crippen LogP contribution is -2.78. The van der Waals surface area contributed by atoms with Crippen molar-refractivity contribution in [1.29, 1.82) is 0 Å². The summed E-state index contributed by atoms with van der Waals surface area (Å²) in [6.07, 6.45) is 2.88. The number of carboxylic acid groups (broad SMARTS) is 1. The summed E-state index contributed by atoms with van der Waals surface area (Å²) in [6.45, 7) is 1.59. The highest BCUT2D eigenvalue weighted by atomic mass is 16.5. The van der Waals surface area contributed by atoms with E-state index in [1.165, 1.54) is 12.8 Å². The Morgan fingerprint density at radius 1 is 1.21 bits per heavy atom. The standard InChI is InChI=1S/C25H28N2O7/c28-15-4-3-13-9-16-25(33)10-14(21(30)26-23(5-6-23)22(31)32)18(29)20-24(25,17(13)19(15)34-20)7-8-27(16)11-12-1-2-12/h3-4,12,14,16,20,28,33H,1-2,5-11H2,(H,26,30)(H,31,32)/t14?,16-,20+,24+,25-/m1/s1. The van der Waals surface area contributed by atoms with E-state index in [0.29, 0.717) is 38.1 Å². The second-order valence-electron chi connectivity index (χ2n) is 11.3. The fraction of sp³-hybridized carbons (Fsp3) is 0.640. The van der Waals surface area contributed by atoms with Gasteiger partial charge in [0.2, 0.25) is 5.91 Å². The summed E-state index contributed by atoms with van der Waals surface area (Å²) in [5, 5.41) is 35.2. The van der Waals surface area contributed by atoms with Crippen LogP contribution in [-0.4, -0.2) is 74.3 Å². The van der Waals surface area contributed by atoms with Crippen LogP contribution in [0.25, 0.3) is 0 Å². The van der Waals surface area contributed by atoms with Gasteiger partial charge < -0.3 is 25.4 Å². The summed E-state index contributed by atoms with van der Waals surface area (Å²) < 4.78 is 6.11. The highest BCUT2D eigenvalue weighted by Crippen LogP contribution is 2.65. The van der Waals surface area contributed by atoms with E-state index in [9.17, 15) is 29.7 Å². The molecular formula is C25H28N2O7. The Labute approximate surface area is 196 Å². The number of hydrogen-bond acceptors (Lipinski definition) is 7. The minimum atomic E-state index is -1.41. The zero-order valence-electron chi connectivity index (χ0n) is 18.7. The molecule has 2 bridgehead atoms. The number of piperidine rings is 1. The average molecular weight is 469 g/mol. The van der Waals surface area contributed by atoms with Crippen LogP contribution in [0.3, 0.4) is 0 Å². The van der Waals surface area contributed by atoms with Gasteiger partial charge in [0.1, 0.15) is 11.5 Å². The maximum atomic E-state index is 13.8. The largest absolute Gasteiger partial charge is 0.504 e. The van der Waals surface area contributed by atoms with E-state index in [1.807, 2.05) is 6.07 Å². The number of amides is 1. The zero-order valence-corrected chi connectivity index (χ0v) is 18.7. The number of carbonyl (C=O) groups excluding carboxylic acids is 2.